The Morgan fingerprint density at radius 2 is 1.96 bits per heavy atom. The van der Waals surface area contributed by atoms with Crippen LogP contribution in [0.4, 0.5) is 5.69 Å². The molecule has 23 heavy (non-hydrogen) atoms. The van der Waals surface area contributed by atoms with E-state index in [2.05, 4.69) is 20.9 Å². The van der Waals surface area contributed by atoms with Crippen LogP contribution in [-0.2, 0) is 4.79 Å². The van der Waals surface area contributed by atoms with Crippen LogP contribution in [0.15, 0.2) is 62.9 Å². The number of carbonyl (C=O) groups excluding carboxylic acids is 1. The fourth-order valence-corrected chi connectivity index (χ4v) is 3.41. The van der Waals surface area contributed by atoms with Gasteiger partial charge in [-0.05, 0) is 63.6 Å². The maximum absolute atomic E-state index is 12.4. The largest absolute Gasteiger partial charge is 0.507 e. The van der Waals surface area contributed by atoms with Crippen molar-refractivity contribution in [1.29, 1.82) is 0 Å². The molecule has 1 fully saturated rings. The molecule has 1 amide bonds. The van der Waals surface area contributed by atoms with Crippen molar-refractivity contribution in [3.63, 3.8) is 0 Å². The van der Waals surface area contributed by atoms with Gasteiger partial charge in [0.2, 0.25) is 0 Å². The van der Waals surface area contributed by atoms with Gasteiger partial charge in [-0.25, -0.2) is 4.99 Å². The molecule has 3 rings (SSSR count). The minimum absolute atomic E-state index is 0.0890. The zero-order chi connectivity index (χ0) is 16.4. The van der Waals surface area contributed by atoms with E-state index in [4.69, 9.17) is 0 Å². The summed E-state index contributed by atoms with van der Waals surface area (Å²) >= 11 is 4.61. The van der Waals surface area contributed by atoms with E-state index in [0.717, 1.165) is 11.3 Å². The number of nitrogens with zero attached hydrogens (tertiary/aromatic N) is 2. The average Bonchev–Trinajstić information content (AvgIpc) is 2.80. The van der Waals surface area contributed by atoms with Gasteiger partial charge in [0.25, 0.3) is 5.91 Å². The summed E-state index contributed by atoms with van der Waals surface area (Å²) in [5.74, 6) is 0.0786. The molecule has 0 aromatic heterocycles. The predicted molar refractivity (Wildman–Crippen MR) is 97.7 cm³/mol. The third kappa shape index (κ3) is 3.48. The topological polar surface area (TPSA) is 52.9 Å². The Labute approximate surface area is 146 Å². The van der Waals surface area contributed by atoms with Gasteiger partial charge in [-0.2, -0.15) is 0 Å². The van der Waals surface area contributed by atoms with Gasteiger partial charge in [-0.3, -0.25) is 9.69 Å². The second-order valence-corrected chi connectivity index (χ2v) is 6.78. The molecule has 0 bridgehead atoms. The van der Waals surface area contributed by atoms with Crippen LogP contribution in [-0.4, -0.2) is 28.1 Å². The zero-order valence-electron chi connectivity index (χ0n) is 12.2. The summed E-state index contributed by atoms with van der Waals surface area (Å²) in [7, 11) is 1.71. The lowest BCUT2D eigenvalue weighted by Crippen LogP contribution is -2.23. The van der Waals surface area contributed by atoms with Crippen LogP contribution in [0.1, 0.15) is 5.56 Å². The van der Waals surface area contributed by atoms with Gasteiger partial charge in [0.1, 0.15) is 5.75 Å². The molecule has 1 N–H and O–H groups in total. The second kappa shape index (κ2) is 6.60. The van der Waals surface area contributed by atoms with E-state index in [1.807, 2.05) is 30.3 Å². The number of hydrogen-bond acceptors (Lipinski definition) is 4. The number of amidine groups is 1. The third-order valence-electron chi connectivity index (χ3n) is 3.25. The molecule has 0 unspecified atom stereocenters. The van der Waals surface area contributed by atoms with Gasteiger partial charge < -0.3 is 5.11 Å². The molecule has 1 heterocycles. The molecule has 2 aromatic rings. The van der Waals surface area contributed by atoms with E-state index < -0.39 is 0 Å². The van der Waals surface area contributed by atoms with Crippen LogP contribution < -0.4 is 0 Å². The first-order chi connectivity index (χ1) is 11.0. The number of phenolic OH excluding ortho intramolecular Hbond substituents is 1. The number of halogens is 1. The van der Waals surface area contributed by atoms with Crippen LogP contribution in [0, 0.1) is 0 Å². The Bertz CT molecular complexity index is 819. The first-order valence-electron chi connectivity index (χ1n) is 6.84. The Hall–Kier alpha value is -2.05. The number of para-hydroxylation sites is 1. The summed E-state index contributed by atoms with van der Waals surface area (Å²) in [6.07, 6.45) is 1.79. The molecule has 0 radical (unpaired) electrons. The number of benzene rings is 2. The van der Waals surface area contributed by atoms with Gasteiger partial charge >= 0.3 is 0 Å². The van der Waals surface area contributed by atoms with E-state index in [-0.39, 0.29) is 11.7 Å². The number of rotatable bonds is 2. The van der Waals surface area contributed by atoms with E-state index >= 15 is 0 Å². The fourth-order valence-electron chi connectivity index (χ4n) is 2.03. The number of aliphatic imine (C=N–C) groups is 1. The zero-order valence-corrected chi connectivity index (χ0v) is 14.6. The number of amides is 1. The lowest BCUT2D eigenvalue weighted by molar-refractivity contribution is -0.121. The lowest BCUT2D eigenvalue weighted by Gasteiger charge is -2.06. The van der Waals surface area contributed by atoms with Crippen molar-refractivity contribution in [3.05, 3.63) is 63.5 Å². The van der Waals surface area contributed by atoms with Gasteiger partial charge in [0.15, 0.2) is 5.17 Å². The van der Waals surface area contributed by atoms with Gasteiger partial charge in [0, 0.05) is 7.05 Å². The smallest absolute Gasteiger partial charge is 0.266 e. The highest BCUT2D eigenvalue weighted by atomic mass is 79.9. The lowest BCUT2D eigenvalue weighted by atomic mass is 10.2. The molecule has 6 heteroatoms. The van der Waals surface area contributed by atoms with Gasteiger partial charge in [-0.15, -0.1) is 0 Å². The number of likely N-dealkylation sites (N-methyl/N-ethyl adjacent to an activating group) is 1. The number of carbonyl (C=O) groups is 1. The number of thioether (sulfide) groups is 1. The molecule has 4 nitrogen and oxygen atoms in total. The summed E-state index contributed by atoms with van der Waals surface area (Å²) in [6.45, 7) is 0. The summed E-state index contributed by atoms with van der Waals surface area (Å²) in [5.41, 5.74) is 1.64. The second-order valence-electron chi connectivity index (χ2n) is 4.92. The molecule has 116 valence electrons. The summed E-state index contributed by atoms with van der Waals surface area (Å²) in [4.78, 5) is 19.0. The highest BCUT2D eigenvalue weighted by Crippen LogP contribution is 2.34. The molecule has 0 aliphatic carbocycles. The Kier molecular flexibility index (Phi) is 4.54. The highest BCUT2D eigenvalue weighted by molar-refractivity contribution is 9.10. The molecule has 0 saturated carbocycles. The maximum atomic E-state index is 12.4. The first kappa shape index (κ1) is 15.8. The van der Waals surface area contributed by atoms with E-state index in [1.54, 1.807) is 36.2 Å². The molecule has 1 aliphatic rings. The van der Waals surface area contributed by atoms with Crippen molar-refractivity contribution in [1.82, 2.24) is 4.90 Å². The first-order valence-corrected chi connectivity index (χ1v) is 8.45. The van der Waals surface area contributed by atoms with Crippen LogP contribution >= 0.6 is 27.7 Å². The number of aromatic hydroxyl groups is 1. The maximum Gasteiger partial charge on any atom is 0.266 e. The number of hydrogen-bond donors (Lipinski definition) is 1. The van der Waals surface area contributed by atoms with Crippen molar-refractivity contribution < 1.29 is 9.90 Å². The molecular weight excluding hydrogens is 376 g/mol. The van der Waals surface area contributed by atoms with Crippen molar-refractivity contribution in [2.75, 3.05) is 7.05 Å². The predicted octanol–water partition coefficient (Wildman–Crippen LogP) is 4.39. The standard InChI is InChI=1S/C17H13BrN2O2S/c1-20-16(22)15(10-11-7-8-14(21)13(18)9-11)23-17(20)19-12-5-3-2-4-6-12/h2-10,21H,1H3/b15-10-,19-17?. The molecular formula is C17H13BrN2O2S. The van der Waals surface area contributed by atoms with Crippen LogP contribution in [0.25, 0.3) is 6.08 Å². The normalized spacial score (nSPS) is 18.2. The van der Waals surface area contributed by atoms with Crippen LogP contribution in [0.5, 0.6) is 5.75 Å². The third-order valence-corrected chi connectivity index (χ3v) is 4.95. The van der Waals surface area contributed by atoms with Crippen molar-refractivity contribution in [2.24, 2.45) is 4.99 Å². The van der Waals surface area contributed by atoms with E-state index in [9.17, 15) is 9.90 Å². The molecule has 1 saturated heterocycles. The molecule has 1 aliphatic heterocycles. The Balaban J connectivity index is 1.90. The molecule has 2 aromatic carbocycles. The Morgan fingerprint density at radius 3 is 2.65 bits per heavy atom. The highest BCUT2D eigenvalue weighted by Gasteiger charge is 2.30. The van der Waals surface area contributed by atoms with E-state index in [0.29, 0.717) is 14.5 Å². The number of phenols is 1. The fraction of sp³-hybridized carbons (Fsp3) is 0.0588. The summed E-state index contributed by atoms with van der Waals surface area (Å²) in [6, 6.07) is 14.6. The minimum atomic E-state index is -0.0890. The van der Waals surface area contributed by atoms with E-state index in [1.165, 1.54) is 11.8 Å². The van der Waals surface area contributed by atoms with Gasteiger partial charge in [0.05, 0.1) is 15.1 Å². The van der Waals surface area contributed by atoms with Crippen molar-refractivity contribution >= 4 is 50.5 Å². The van der Waals surface area contributed by atoms with Crippen LogP contribution in [0.3, 0.4) is 0 Å². The Morgan fingerprint density at radius 1 is 1.22 bits per heavy atom. The summed E-state index contributed by atoms with van der Waals surface area (Å²) < 4.78 is 0.592. The van der Waals surface area contributed by atoms with Gasteiger partial charge in [-0.1, -0.05) is 24.3 Å². The van der Waals surface area contributed by atoms with Crippen molar-refractivity contribution in [3.8, 4) is 5.75 Å². The minimum Gasteiger partial charge on any atom is -0.507 e. The summed E-state index contributed by atoms with van der Waals surface area (Å²) in [5, 5.41) is 10.2. The van der Waals surface area contributed by atoms with Crippen LogP contribution in [0.2, 0.25) is 0 Å². The molecule has 0 atom stereocenters. The molecule has 0 spiro atoms. The quantitative estimate of drug-likeness (QED) is 0.776. The van der Waals surface area contributed by atoms with Crippen molar-refractivity contribution in [2.45, 2.75) is 0 Å². The SMILES string of the molecule is CN1C(=O)/C(=C/c2ccc(O)c(Br)c2)SC1=Nc1ccccc1. The monoisotopic (exact) mass is 388 g/mol. The average molecular weight is 389 g/mol.